The van der Waals surface area contributed by atoms with E-state index < -0.39 is 34.1 Å². The summed E-state index contributed by atoms with van der Waals surface area (Å²) in [5.74, 6) is -0.338. The van der Waals surface area contributed by atoms with Gasteiger partial charge < -0.3 is 30.1 Å². The lowest BCUT2D eigenvalue weighted by Gasteiger charge is -2.35. The van der Waals surface area contributed by atoms with Crippen LogP contribution in [0.15, 0.2) is 77.7 Å². The van der Waals surface area contributed by atoms with Crippen molar-refractivity contribution >= 4 is 33.3 Å². The van der Waals surface area contributed by atoms with Crippen LogP contribution >= 0.6 is 0 Å². The number of aryl methyl sites for hydroxylation is 1. The molecule has 4 atom stereocenters. The van der Waals surface area contributed by atoms with Crippen LogP contribution in [0.5, 0.6) is 5.75 Å². The Bertz CT molecular complexity index is 1620. The van der Waals surface area contributed by atoms with Crippen molar-refractivity contribution < 1.29 is 32.6 Å². The first-order valence-electron chi connectivity index (χ1n) is 16.4. The minimum atomic E-state index is -3.79. The molecule has 0 radical (unpaired) electrons. The van der Waals surface area contributed by atoms with Crippen molar-refractivity contribution in [1.29, 1.82) is 0 Å². The topological polar surface area (TPSA) is 138 Å². The fourth-order valence-corrected chi connectivity index (χ4v) is 6.70. The summed E-state index contributed by atoms with van der Waals surface area (Å²) in [6.45, 7) is 7.87. The lowest BCUT2D eigenvalue weighted by Crippen LogP contribution is -2.48. The van der Waals surface area contributed by atoms with Gasteiger partial charge in [0.25, 0.3) is 5.91 Å². The van der Waals surface area contributed by atoms with Crippen LogP contribution in [-0.2, 0) is 14.8 Å². The molecule has 0 aromatic heterocycles. The van der Waals surface area contributed by atoms with Crippen LogP contribution < -0.4 is 15.4 Å². The maximum Gasteiger partial charge on any atom is 0.323 e. The zero-order valence-corrected chi connectivity index (χ0v) is 29.2. The summed E-state index contributed by atoms with van der Waals surface area (Å²) >= 11 is 0. The van der Waals surface area contributed by atoms with E-state index in [0.717, 1.165) is 18.4 Å². The van der Waals surface area contributed by atoms with Crippen LogP contribution in [0.25, 0.3) is 0 Å². The molecule has 1 heterocycles. The van der Waals surface area contributed by atoms with Crippen molar-refractivity contribution in [3.63, 3.8) is 0 Å². The monoisotopic (exact) mass is 680 g/mol. The predicted molar refractivity (Wildman–Crippen MR) is 187 cm³/mol. The average Bonchev–Trinajstić information content (AvgIpc) is 3.06. The van der Waals surface area contributed by atoms with E-state index in [9.17, 15) is 23.1 Å². The van der Waals surface area contributed by atoms with Crippen LogP contribution in [0.4, 0.5) is 16.2 Å². The number of ether oxygens (including phenoxy) is 2. The van der Waals surface area contributed by atoms with Crippen molar-refractivity contribution in [1.82, 2.24) is 9.21 Å². The van der Waals surface area contributed by atoms with Gasteiger partial charge in [-0.3, -0.25) is 4.79 Å². The molecule has 11 nitrogen and oxygen atoms in total. The molecule has 1 aliphatic rings. The van der Waals surface area contributed by atoms with Crippen molar-refractivity contribution in [2.75, 3.05) is 44.0 Å². The highest BCUT2D eigenvalue weighted by Crippen LogP contribution is 2.29. The highest BCUT2D eigenvalue weighted by molar-refractivity contribution is 7.89. The molecule has 0 spiro atoms. The van der Waals surface area contributed by atoms with E-state index in [2.05, 4.69) is 10.6 Å². The average molecular weight is 681 g/mol. The Labute approximate surface area is 284 Å². The van der Waals surface area contributed by atoms with E-state index in [-0.39, 0.29) is 42.2 Å². The number of rotatable bonds is 8. The Morgan fingerprint density at radius 3 is 2.40 bits per heavy atom. The number of carbonyl (C=O) groups is 2. The third-order valence-electron chi connectivity index (χ3n) is 8.51. The third-order valence-corrected chi connectivity index (χ3v) is 10.3. The van der Waals surface area contributed by atoms with E-state index >= 15 is 0 Å². The van der Waals surface area contributed by atoms with E-state index in [1.807, 2.05) is 39.0 Å². The van der Waals surface area contributed by atoms with Gasteiger partial charge in [0.1, 0.15) is 5.75 Å². The van der Waals surface area contributed by atoms with Crippen LogP contribution in [0.2, 0.25) is 0 Å². The Kier molecular flexibility index (Phi) is 13.0. The smallest absolute Gasteiger partial charge is 0.323 e. The van der Waals surface area contributed by atoms with Crippen LogP contribution in [0.3, 0.4) is 0 Å². The highest BCUT2D eigenvalue weighted by atomic mass is 32.2. The number of aliphatic hydroxyl groups excluding tert-OH is 1. The Balaban J connectivity index is 1.62. The molecule has 3 aromatic carbocycles. The molecule has 4 rings (SSSR count). The molecule has 0 fully saturated rings. The molecule has 0 bridgehead atoms. The first-order valence-corrected chi connectivity index (χ1v) is 17.8. The fourth-order valence-electron chi connectivity index (χ4n) is 5.52. The van der Waals surface area contributed by atoms with Gasteiger partial charge in [-0.2, -0.15) is 4.31 Å². The number of hydrogen-bond acceptors (Lipinski definition) is 7. The molecule has 1 aliphatic heterocycles. The number of hydrogen-bond donors (Lipinski definition) is 3. The number of aliphatic hydroxyl groups is 1. The lowest BCUT2D eigenvalue weighted by molar-refractivity contribution is -0.00833. The van der Waals surface area contributed by atoms with Crippen LogP contribution in [0, 0.1) is 12.8 Å². The number of urea groups is 1. The first-order chi connectivity index (χ1) is 22.9. The van der Waals surface area contributed by atoms with Crippen molar-refractivity contribution in [2.45, 2.75) is 70.1 Å². The molecule has 0 saturated heterocycles. The Morgan fingerprint density at radius 2 is 1.71 bits per heavy atom. The maximum absolute atomic E-state index is 14.3. The zero-order valence-electron chi connectivity index (χ0n) is 28.4. The quantitative estimate of drug-likeness (QED) is 0.275. The molecule has 3 aromatic rings. The number of nitrogens with one attached hydrogen (secondary N) is 2. The Morgan fingerprint density at radius 1 is 1.02 bits per heavy atom. The van der Waals surface area contributed by atoms with E-state index in [0.29, 0.717) is 30.2 Å². The summed E-state index contributed by atoms with van der Waals surface area (Å²) in [6.07, 6.45) is 1.49. The van der Waals surface area contributed by atoms with Crippen molar-refractivity contribution in [2.24, 2.45) is 5.92 Å². The molecule has 0 aliphatic carbocycles. The summed E-state index contributed by atoms with van der Waals surface area (Å²) in [5, 5.41) is 15.8. The minimum Gasteiger partial charge on any atom is -0.490 e. The largest absolute Gasteiger partial charge is 0.490 e. The van der Waals surface area contributed by atoms with Crippen LogP contribution in [-0.4, -0.2) is 86.3 Å². The number of fused-ring (bicyclic) bond motifs is 1. The fraction of sp³-hybridized carbons (Fsp3) is 0.444. The first kappa shape index (κ1) is 36.9. The van der Waals surface area contributed by atoms with Gasteiger partial charge in [0.05, 0.1) is 35.3 Å². The predicted octanol–water partition coefficient (Wildman–Crippen LogP) is 5.76. The van der Waals surface area contributed by atoms with Gasteiger partial charge >= 0.3 is 6.03 Å². The number of anilines is 2. The zero-order chi connectivity index (χ0) is 34.8. The molecule has 48 heavy (non-hydrogen) atoms. The standard InChI is InChI=1S/C36H48N4O7S/c1-25-14-17-31(18-15-25)48(44,45)39(5)23-34-26(2)22-40(27(3)24-41)35(42)32-21-30(38-36(43)37-29-12-7-6-8-13-29)16-19-33(32)47-28(4)11-9-10-20-46-34/h6-8,12-19,21,26-28,34,41H,9-11,20,22-24H2,1-5H3,(H2,37,38,43)/t26-,27+,28-,34+/m1/s1. The third kappa shape index (κ3) is 9.79. The minimum absolute atomic E-state index is 0.0770. The molecule has 12 heteroatoms. The SMILES string of the molecule is Cc1ccc(S(=O)(=O)N(C)C[C@@H]2OCCCC[C@@H](C)Oc3ccc(NC(=O)Nc4ccccc4)cc3C(=O)N([C@@H](C)CO)C[C@H]2C)cc1. The number of sulfonamides is 1. The molecule has 260 valence electrons. The van der Waals surface area contributed by atoms with Gasteiger partial charge in [-0.25, -0.2) is 13.2 Å². The highest BCUT2D eigenvalue weighted by Gasteiger charge is 2.32. The van der Waals surface area contributed by atoms with Crippen molar-refractivity contribution in [3.05, 3.63) is 83.9 Å². The summed E-state index contributed by atoms with van der Waals surface area (Å²) in [5.41, 5.74) is 2.21. The Hall–Kier alpha value is -3.97. The number of likely N-dealkylation sites (N-methyl/N-ethyl adjacent to an activating group) is 1. The van der Waals surface area contributed by atoms with Gasteiger partial charge in [0.15, 0.2) is 0 Å². The maximum atomic E-state index is 14.3. The van der Waals surface area contributed by atoms with Gasteiger partial charge in [0.2, 0.25) is 10.0 Å². The lowest BCUT2D eigenvalue weighted by atomic mass is 10.0. The number of para-hydroxylation sites is 1. The van der Waals surface area contributed by atoms with Gasteiger partial charge in [-0.15, -0.1) is 0 Å². The number of nitrogens with zero attached hydrogens (tertiary/aromatic N) is 2. The molecule has 0 unspecified atom stereocenters. The second-order valence-electron chi connectivity index (χ2n) is 12.6. The molecular weight excluding hydrogens is 632 g/mol. The normalized spacial score (nSPS) is 20.3. The molecule has 3 amide bonds. The van der Waals surface area contributed by atoms with Crippen LogP contribution in [0.1, 0.15) is 56.0 Å². The summed E-state index contributed by atoms with van der Waals surface area (Å²) in [6, 6.07) is 19.6. The van der Waals surface area contributed by atoms with E-state index in [1.54, 1.807) is 66.4 Å². The summed E-state index contributed by atoms with van der Waals surface area (Å²) in [4.78, 5) is 28.9. The van der Waals surface area contributed by atoms with Gasteiger partial charge in [0, 0.05) is 44.0 Å². The second kappa shape index (κ2) is 16.9. The van der Waals surface area contributed by atoms with E-state index in [4.69, 9.17) is 9.47 Å². The molecular formula is C36H48N4O7S. The second-order valence-corrected chi connectivity index (χ2v) is 14.6. The number of benzene rings is 3. The summed E-state index contributed by atoms with van der Waals surface area (Å²) < 4.78 is 40.8. The molecule has 0 saturated carbocycles. The number of amides is 3. The van der Waals surface area contributed by atoms with Gasteiger partial charge in [-0.05, 0) is 82.5 Å². The van der Waals surface area contributed by atoms with Crippen molar-refractivity contribution in [3.8, 4) is 5.75 Å². The molecule has 3 N–H and O–H groups in total. The summed E-state index contributed by atoms with van der Waals surface area (Å²) in [7, 11) is -2.25. The van der Waals surface area contributed by atoms with E-state index in [1.165, 1.54) is 11.4 Å². The van der Waals surface area contributed by atoms with Gasteiger partial charge in [-0.1, -0.05) is 42.8 Å². The number of carbonyl (C=O) groups excluding carboxylic acids is 2.